The fraction of sp³-hybridized carbons (Fsp3) is 0.273. The molecule has 3 heteroatoms. The highest BCUT2D eigenvalue weighted by Crippen LogP contribution is 2.56. The molecular weight excluding hydrogens is 308 g/mol. The third kappa shape index (κ3) is 1.76. The van der Waals surface area contributed by atoms with Gasteiger partial charge in [0.1, 0.15) is 11.4 Å². The molecular formula is C22H20N2O. The van der Waals surface area contributed by atoms with Crippen molar-refractivity contribution in [2.24, 2.45) is 0 Å². The Kier molecular flexibility index (Phi) is 2.63. The van der Waals surface area contributed by atoms with E-state index < -0.39 is 0 Å². The summed E-state index contributed by atoms with van der Waals surface area (Å²) in [6.07, 6.45) is 5.70. The van der Waals surface area contributed by atoms with Crippen LogP contribution in [0, 0.1) is 0 Å². The maximum atomic E-state index is 6.42. The second-order valence-corrected chi connectivity index (χ2v) is 7.92. The lowest BCUT2D eigenvalue weighted by molar-refractivity contribution is 0.105. The predicted molar refractivity (Wildman–Crippen MR) is 98.7 cm³/mol. The number of ether oxygens (including phenoxy) is 1. The summed E-state index contributed by atoms with van der Waals surface area (Å²) in [7, 11) is 0. The van der Waals surface area contributed by atoms with E-state index in [0.717, 1.165) is 11.4 Å². The molecule has 3 aromatic rings. The monoisotopic (exact) mass is 328 g/mol. The van der Waals surface area contributed by atoms with Gasteiger partial charge >= 0.3 is 0 Å². The topological polar surface area (TPSA) is 35.0 Å². The summed E-state index contributed by atoms with van der Waals surface area (Å²) >= 11 is 0. The number of hydrogen-bond donors (Lipinski definition) is 0. The van der Waals surface area contributed by atoms with Crippen LogP contribution in [-0.4, -0.2) is 9.97 Å². The highest BCUT2D eigenvalue weighted by Gasteiger charge is 2.43. The van der Waals surface area contributed by atoms with Gasteiger partial charge in [0, 0.05) is 46.3 Å². The highest BCUT2D eigenvalue weighted by atomic mass is 16.5. The number of fused-ring (bicyclic) bond motifs is 7. The second-order valence-electron chi connectivity index (χ2n) is 7.92. The van der Waals surface area contributed by atoms with Crippen molar-refractivity contribution in [3.05, 3.63) is 65.6 Å². The van der Waals surface area contributed by atoms with E-state index >= 15 is 0 Å². The molecule has 0 atom stereocenters. The molecule has 0 radical (unpaired) electrons. The highest BCUT2D eigenvalue weighted by molar-refractivity contribution is 5.91. The van der Waals surface area contributed by atoms with Crippen LogP contribution in [-0.2, 0) is 11.0 Å². The van der Waals surface area contributed by atoms with Crippen molar-refractivity contribution < 1.29 is 4.74 Å². The van der Waals surface area contributed by atoms with Crippen molar-refractivity contribution in [2.75, 3.05) is 0 Å². The van der Waals surface area contributed by atoms with Gasteiger partial charge in [0.25, 0.3) is 0 Å². The fourth-order valence-electron chi connectivity index (χ4n) is 4.49. The zero-order valence-corrected chi connectivity index (χ0v) is 14.9. The van der Waals surface area contributed by atoms with Crippen LogP contribution in [0.4, 0.5) is 0 Å². The molecule has 3 nitrogen and oxygen atoms in total. The zero-order chi connectivity index (χ0) is 17.4. The van der Waals surface area contributed by atoms with Crippen molar-refractivity contribution in [3.63, 3.8) is 0 Å². The molecule has 0 bridgehead atoms. The number of hydrogen-bond acceptors (Lipinski definition) is 3. The maximum absolute atomic E-state index is 6.42. The Morgan fingerprint density at radius 1 is 0.880 bits per heavy atom. The lowest BCUT2D eigenvalue weighted by Gasteiger charge is -2.37. The molecule has 0 N–H and O–H groups in total. The smallest absolute Gasteiger partial charge is 0.129 e. The van der Waals surface area contributed by atoms with Crippen molar-refractivity contribution in [1.29, 1.82) is 0 Å². The Labute approximate surface area is 147 Å². The van der Waals surface area contributed by atoms with E-state index in [4.69, 9.17) is 4.74 Å². The number of rotatable bonds is 0. The number of pyridine rings is 2. The molecule has 0 saturated heterocycles. The molecule has 3 heterocycles. The van der Waals surface area contributed by atoms with E-state index in [9.17, 15) is 0 Å². The third-order valence-electron chi connectivity index (χ3n) is 5.63. The average Bonchev–Trinajstić information content (AvgIpc) is 2.83. The van der Waals surface area contributed by atoms with Crippen LogP contribution in [0.5, 0.6) is 5.75 Å². The minimum atomic E-state index is -0.368. The van der Waals surface area contributed by atoms with Gasteiger partial charge < -0.3 is 4.74 Å². The molecule has 0 saturated carbocycles. The van der Waals surface area contributed by atoms with Crippen LogP contribution in [0.15, 0.2) is 48.9 Å². The Balaban J connectivity index is 1.90. The first-order chi connectivity index (χ1) is 11.9. The van der Waals surface area contributed by atoms with E-state index in [1.54, 1.807) is 0 Å². The number of nitrogens with zero attached hydrogens (tertiary/aromatic N) is 2. The quantitative estimate of drug-likeness (QED) is 0.577. The van der Waals surface area contributed by atoms with Gasteiger partial charge in [0.2, 0.25) is 0 Å². The fourth-order valence-corrected chi connectivity index (χ4v) is 4.49. The summed E-state index contributed by atoms with van der Waals surface area (Å²) in [5.41, 5.74) is 7.89. The summed E-state index contributed by atoms with van der Waals surface area (Å²) in [4.78, 5) is 9.09. The normalized spacial score (nSPS) is 17.8. The van der Waals surface area contributed by atoms with Crippen molar-refractivity contribution in [2.45, 2.75) is 38.7 Å². The van der Waals surface area contributed by atoms with Gasteiger partial charge in [-0.1, -0.05) is 19.9 Å². The zero-order valence-electron chi connectivity index (χ0n) is 14.9. The first-order valence-corrected chi connectivity index (χ1v) is 8.68. The molecule has 25 heavy (non-hydrogen) atoms. The van der Waals surface area contributed by atoms with Crippen LogP contribution >= 0.6 is 0 Å². The Morgan fingerprint density at radius 2 is 1.72 bits per heavy atom. The van der Waals surface area contributed by atoms with E-state index in [0.29, 0.717) is 0 Å². The van der Waals surface area contributed by atoms with E-state index in [2.05, 4.69) is 61.9 Å². The van der Waals surface area contributed by atoms with Crippen molar-refractivity contribution >= 4 is 0 Å². The van der Waals surface area contributed by atoms with Gasteiger partial charge in [0.15, 0.2) is 0 Å². The van der Waals surface area contributed by atoms with Gasteiger partial charge in [-0.2, -0.15) is 0 Å². The summed E-state index contributed by atoms with van der Waals surface area (Å²) in [5.74, 6) is 0.935. The van der Waals surface area contributed by atoms with Crippen molar-refractivity contribution in [3.8, 4) is 28.1 Å². The summed E-state index contributed by atoms with van der Waals surface area (Å²) in [6.45, 7) is 8.78. The molecule has 5 rings (SSSR count). The standard InChI is InChI=1S/C22H20N2O/c1-21(2)16-6-5-10-24-20(16)13-7-8-17-18(19(13)21)14-12-23-11-9-15(14)22(3,4)25-17/h5-12H,1-4H3. The van der Waals surface area contributed by atoms with Gasteiger partial charge in [-0.15, -0.1) is 0 Å². The molecule has 0 unspecified atom stereocenters. The molecule has 1 aromatic carbocycles. The SMILES string of the molecule is CC1(C)Oc2ccc3c(c2-c2cnccc21)C(C)(C)c1cccnc1-3. The molecule has 2 aliphatic rings. The first kappa shape index (κ1) is 14.6. The first-order valence-electron chi connectivity index (χ1n) is 8.68. The number of aromatic nitrogens is 2. The van der Waals surface area contributed by atoms with Gasteiger partial charge in [-0.25, -0.2) is 0 Å². The Bertz CT molecular complexity index is 1030. The van der Waals surface area contributed by atoms with Crippen LogP contribution in [0.3, 0.4) is 0 Å². The maximum Gasteiger partial charge on any atom is 0.129 e. The summed E-state index contributed by atoms with van der Waals surface area (Å²) in [6, 6.07) is 10.5. The summed E-state index contributed by atoms with van der Waals surface area (Å²) in [5, 5.41) is 0. The van der Waals surface area contributed by atoms with E-state index in [-0.39, 0.29) is 11.0 Å². The minimum absolute atomic E-state index is 0.123. The van der Waals surface area contributed by atoms with Crippen LogP contribution in [0.1, 0.15) is 44.4 Å². The molecule has 0 fully saturated rings. The van der Waals surface area contributed by atoms with E-state index in [1.165, 1.54) is 33.4 Å². The van der Waals surface area contributed by atoms with Crippen molar-refractivity contribution in [1.82, 2.24) is 9.97 Å². The minimum Gasteiger partial charge on any atom is -0.482 e. The molecule has 1 aliphatic heterocycles. The van der Waals surface area contributed by atoms with Crippen LogP contribution in [0.25, 0.3) is 22.4 Å². The molecule has 2 aromatic heterocycles. The number of benzene rings is 1. The lowest BCUT2D eigenvalue weighted by atomic mass is 9.76. The molecule has 0 amide bonds. The van der Waals surface area contributed by atoms with Gasteiger partial charge in [-0.3, -0.25) is 9.97 Å². The average molecular weight is 328 g/mol. The summed E-state index contributed by atoms with van der Waals surface area (Å²) < 4.78 is 6.42. The largest absolute Gasteiger partial charge is 0.482 e. The van der Waals surface area contributed by atoms with Crippen LogP contribution in [0.2, 0.25) is 0 Å². The van der Waals surface area contributed by atoms with E-state index in [1.807, 2.05) is 24.7 Å². The second kappa shape index (κ2) is 4.48. The molecule has 124 valence electrons. The van der Waals surface area contributed by atoms with Crippen LogP contribution < -0.4 is 4.74 Å². The molecule has 1 aliphatic carbocycles. The Morgan fingerprint density at radius 3 is 2.56 bits per heavy atom. The van der Waals surface area contributed by atoms with Gasteiger partial charge in [0.05, 0.1) is 5.69 Å². The predicted octanol–water partition coefficient (Wildman–Crippen LogP) is 5.08. The third-order valence-corrected chi connectivity index (χ3v) is 5.63. The van der Waals surface area contributed by atoms with Gasteiger partial charge in [-0.05, 0) is 49.2 Å². The molecule has 0 spiro atoms. The lowest BCUT2D eigenvalue weighted by Crippen LogP contribution is -2.30. The Hall–Kier alpha value is -2.68.